The molecule has 3 heterocycles. The first-order valence-corrected chi connectivity index (χ1v) is 22.3. The summed E-state index contributed by atoms with van der Waals surface area (Å²) in [6.07, 6.45) is 4.09. The molecule has 4 aromatic carbocycles. The molecule has 1 aromatic heterocycles. The molecule has 1 unspecified atom stereocenters. The van der Waals surface area contributed by atoms with Crippen LogP contribution in [0.2, 0.25) is 5.02 Å². The van der Waals surface area contributed by atoms with E-state index in [2.05, 4.69) is 28.8 Å². The van der Waals surface area contributed by atoms with Gasteiger partial charge in [-0.1, -0.05) is 86.8 Å². The van der Waals surface area contributed by atoms with Crippen LogP contribution < -0.4 is 10.0 Å². The molecule has 7 rings (SSSR count). The number of carbonyl (C=O) groups is 3. The van der Waals surface area contributed by atoms with E-state index in [0.29, 0.717) is 61.6 Å². The number of halogens is 1. The van der Waals surface area contributed by atoms with Gasteiger partial charge in [0.2, 0.25) is 0 Å². The number of nitrogens with zero attached hydrogens (tertiary/aromatic N) is 4. The van der Waals surface area contributed by atoms with Crippen LogP contribution in [0.25, 0.3) is 16.5 Å². The van der Waals surface area contributed by atoms with Crippen molar-refractivity contribution in [2.45, 2.75) is 70.4 Å². The maximum absolute atomic E-state index is 15.1. The smallest absolute Gasteiger partial charge is 0.275 e. The van der Waals surface area contributed by atoms with Gasteiger partial charge >= 0.3 is 0 Å². The number of benzene rings is 4. The van der Waals surface area contributed by atoms with Gasteiger partial charge in [-0.3, -0.25) is 19.3 Å². The molecule has 0 radical (unpaired) electrons. The standard InChI is InChI=1S/C45H51ClN6O6S/c1-4-6-19-51(20-7-5-2)45(55)42-41(46)30(3)52(48-42)40-18-16-33(44(54)49-59(56,57)36-17-15-31-11-8-9-12-32(31)25-36)26-39(40)43(53)37-14-10-13-34-28-47-35(27-38(34)37)29-50-21-23-58-24-22-50/h8-18,25-26,35,47H,4-7,19-24,27-29H2,1-3H3,(H,49,54). The van der Waals surface area contributed by atoms with Gasteiger partial charge in [0.25, 0.3) is 21.8 Å². The van der Waals surface area contributed by atoms with E-state index >= 15 is 4.79 Å². The molecule has 12 nitrogen and oxygen atoms in total. The van der Waals surface area contributed by atoms with Crippen molar-refractivity contribution in [3.63, 3.8) is 0 Å². The fraction of sp³-hybridized carbons (Fsp3) is 0.378. The molecule has 2 N–H and O–H groups in total. The van der Waals surface area contributed by atoms with Gasteiger partial charge < -0.3 is 15.0 Å². The predicted molar refractivity (Wildman–Crippen MR) is 229 cm³/mol. The third kappa shape index (κ3) is 9.29. The second-order valence-corrected chi connectivity index (χ2v) is 17.4. The van der Waals surface area contributed by atoms with Crippen LogP contribution in [0.4, 0.5) is 0 Å². The van der Waals surface area contributed by atoms with Crippen molar-refractivity contribution >= 4 is 50.0 Å². The molecule has 2 aliphatic rings. The zero-order valence-corrected chi connectivity index (χ0v) is 35.4. The van der Waals surface area contributed by atoms with Crippen molar-refractivity contribution in [3.8, 4) is 5.69 Å². The van der Waals surface area contributed by atoms with Crippen molar-refractivity contribution in [2.24, 2.45) is 0 Å². The Morgan fingerprint density at radius 1 is 0.915 bits per heavy atom. The van der Waals surface area contributed by atoms with Gasteiger partial charge in [0.15, 0.2) is 11.5 Å². The summed E-state index contributed by atoms with van der Waals surface area (Å²) < 4.78 is 36.4. The number of ether oxygens (including phenoxy) is 1. The molecule has 0 aliphatic carbocycles. The van der Waals surface area contributed by atoms with Crippen molar-refractivity contribution in [1.29, 1.82) is 0 Å². The Morgan fingerprint density at radius 3 is 2.37 bits per heavy atom. The normalized spacial score (nSPS) is 15.8. The van der Waals surface area contributed by atoms with E-state index in [0.717, 1.165) is 61.8 Å². The van der Waals surface area contributed by atoms with Crippen molar-refractivity contribution in [1.82, 2.24) is 29.6 Å². The zero-order chi connectivity index (χ0) is 41.7. The quantitative estimate of drug-likeness (QED) is 0.110. The number of hydrogen-bond acceptors (Lipinski definition) is 9. The van der Waals surface area contributed by atoms with E-state index in [9.17, 15) is 18.0 Å². The number of fused-ring (bicyclic) bond motifs is 2. The summed E-state index contributed by atoms with van der Waals surface area (Å²) in [4.78, 5) is 47.0. The molecule has 0 saturated carbocycles. The van der Waals surface area contributed by atoms with Crippen LogP contribution in [-0.4, -0.2) is 97.6 Å². The molecule has 2 aliphatic heterocycles. The molecule has 310 valence electrons. The summed E-state index contributed by atoms with van der Waals surface area (Å²) in [5, 5.41) is 10.1. The maximum Gasteiger partial charge on any atom is 0.275 e. The number of hydrogen-bond donors (Lipinski definition) is 2. The van der Waals surface area contributed by atoms with Crippen molar-refractivity contribution in [3.05, 3.63) is 123 Å². The Bertz CT molecular complexity index is 2470. The number of unbranched alkanes of at least 4 members (excludes halogenated alkanes) is 2. The first kappa shape index (κ1) is 42.2. The number of rotatable bonds is 15. The van der Waals surface area contributed by atoms with Crippen LogP contribution in [0.5, 0.6) is 0 Å². The molecule has 1 fully saturated rings. The lowest BCUT2D eigenvalue weighted by Gasteiger charge is -2.34. The predicted octanol–water partition coefficient (Wildman–Crippen LogP) is 6.73. The van der Waals surface area contributed by atoms with Crippen LogP contribution >= 0.6 is 11.6 Å². The first-order chi connectivity index (χ1) is 28.5. The third-order valence-corrected chi connectivity index (χ3v) is 13.0. The number of amides is 2. The average Bonchev–Trinajstić information content (AvgIpc) is 3.55. The van der Waals surface area contributed by atoms with E-state index in [1.54, 1.807) is 36.1 Å². The number of aromatic nitrogens is 2. The second-order valence-electron chi connectivity index (χ2n) is 15.3. The SMILES string of the molecule is CCCCN(CCCC)C(=O)c1nn(-c2ccc(C(=O)NS(=O)(=O)c3ccc4ccccc4c3)cc2C(=O)c2cccc3c2CC(CN2CCOCC2)NC3)c(C)c1Cl. The number of nitrogens with one attached hydrogen (secondary N) is 2. The molecule has 2 amide bonds. The summed E-state index contributed by atoms with van der Waals surface area (Å²) in [6.45, 7) is 11.4. The average molecular weight is 839 g/mol. The highest BCUT2D eigenvalue weighted by atomic mass is 35.5. The summed E-state index contributed by atoms with van der Waals surface area (Å²) in [7, 11) is -4.30. The minimum atomic E-state index is -4.30. The van der Waals surface area contributed by atoms with E-state index in [4.69, 9.17) is 21.4 Å². The third-order valence-electron chi connectivity index (χ3n) is 11.2. The summed E-state index contributed by atoms with van der Waals surface area (Å²) >= 11 is 6.89. The van der Waals surface area contributed by atoms with Gasteiger partial charge in [-0.2, -0.15) is 5.10 Å². The van der Waals surface area contributed by atoms with Crippen molar-refractivity contribution in [2.75, 3.05) is 45.9 Å². The first-order valence-electron chi connectivity index (χ1n) is 20.4. The Labute approximate surface area is 350 Å². The number of sulfonamides is 1. The fourth-order valence-electron chi connectivity index (χ4n) is 7.83. The molecule has 0 spiro atoms. The van der Waals surface area contributed by atoms with E-state index in [1.807, 2.05) is 30.3 Å². The zero-order valence-electron chi connectivity index (χ0n) is 33.8. The summed E-state index contributed by atoms with van der Waals surface area (Å²) in [6, 6.07) is 22.1. The molecular weight excluding hydrogens is 788 g/mol. The highest BCUT2D eigenvalue weighted by molar-refractivity contribution is 7.90. The monoisotopic (exact) mass is 838 g/mol. The lowest BCUT2D eigenvalue weighted by atomic mass is 9.87. The van der Waals surface area contributed by atoms with Crippen LogP contribution in [0.15, 0.2) is 83.8 Å². The van der Waals surface area contributed by atoms with Gasteiger partial charge in [0.05, 0.1) is 34.5 Å². The van der Waals surface area contributed by atoms with Crippen LogP contribution in [-0.2, 0) is 27.7 Å². The van der Waals surface area contributed by atoms with Gasteiger partial charge in [0.1, 0.15) is 0 Å². The lowest BCUT2D eigenvalue weighted by molar-refractivity contribution is 0.0331. The van der Waals surface area contributed by atoms with Gasteiger partial charge in [0, 0.05) is 62.0 Å². The molecule has 0 bridgehead atoms. The van der Waals surface area contributed by atoms with Crippen LogP contribution in [0, 0.1) is 6.92 Å². The highest BCUT2D eigenvalue weighted by Crippen LogP contribution is 2.31. The van der Waals surface area contributed by atoms with Crippen LogP contribution in [0.1, 0.15) is 93.1 Å². The molecule has 1 saturated heterocycles. The van der Waals surface area contributed by atoms with E-state index < -0.39 is 15.9 Å². The topological polar surface area (TPSA) is 143 Å². The second kappa shape index (κ2) is 18.6. The molecule has 5 aromatic rings. The molecule has 59 heavy (non-hydrogen) atoms. The lowest BCUT2D eigenvalue weighted by Crippen LogP contribution is -2.48. The number of morpholine rings is 1. The Balaban J connectivity index is 1.27. The van der Waals surface area contributed by atoms with Gasteiger partial charge in [-0.15, -0.1) is 0 Å². The Kier molecular flexibility index (Phi) is 13.3. The largest absolute Gasteiger partial charge is 0.379 e. The van der Waals surface area contributed by atoms with E-state index in [-0.39, 0.29) is 44.5 Å². The Hall–Kier alpha value is -4.92. The van der Waals surface area contributed by atoms with E-state index in [1.165, 1.54) is 28.9 Å². The van der Waals surface area contributed by atoms with Gasteiger partial charge in [-0.05, 0) is 78.4 Å². The minimum absolute atomic E-state index is 0.0457. The fourth-order valence-corrected chi connectivity index (χ4v) is 9.04. The molecule has 1 atom stereocenters. The minimum Gasteiger partial charge on any atom is -0.379 e. The molecule has 14 heteroatoms. The van der Waals surface area contributed by atoms with Gasteiger partial charge in [-0.25, -0.2) is 17.8 Å². The van der Waals surface area contributed by atoms with Crippen LogP contribution in [0.3, 0.4) is 0 Å². The number of ketones is 1. The van der Waals surface area contributed by atoms with Crippen molar-refractivity contribution < 1.29 is 27.5 Å². The Morgan fingerprint density at radius 2 is 1.64 bits per heavy atom. The summed E-state index contributed by atoms with van der Waals surface area (Å²) in [5.41, 5.74) is 3.24. The highest BCUT2D eigenvalue weighted by Gasteiger charge is 2.30. The molecular formula is C45H51ClN6O6S. The summed E-state index contributed by atoms with van der Waals surface area (Å²) in [5.74, 6) is -1.57. The maximum atomic E-state index is 15.1. The number of carbonyl (C=O) groups excluding carboxylic acids is 3.